The van der Waals surface area contributed by atoms with Gasteiger partial charge in [0, 0.05) is 28.3 Å². The van der Waals surface area contributed by atoms with Crippen LogP contribution in [-0.4, -0.2) is 48.9 Å². The molecule has 1 heterocycles. The van der Waals surface area contributed by atoms with Crippen LogP contribution in [0.1, 0.15) is 15.9 Å². The molecular weight excluding hydrogens is 384 g/mol. The van der Waals surface area contributed by atoms with Gasteiger partial charge in [-0.15, -0.1) is 0 Å². The molecule has 2 rings (SSSR count). The summed E-state index contributed by atoms with van der Waals surface area (Å²) in [4.78, 5) is 15.7. The number of amides is 1. The van der Waals surface area contributed by atoms with Crippen molar-refractivity contribution < 1.29 is 18.0 Å². The third-order valence-electron chi connectivity index (χ3n) is 3.35. The lowest BCUT2D eigenvalue weighted by Crippen LogP contribution is -2.59. The van der Waals surface area contributed by atoms with Crippen molar-refractivity contribution in [3.63, 3.8) is 0 Å². The Hall–Kier alpha value is -0.830. The van der Waals surface area contributed by atoms with Gasteiger partial charge >= 0.3 is 6.18 Å². The normalized spacial score (nSPS) is 16.4. The highest BCUT2D eigenvalue weighted by atomic mass is 127. The van der Waals surface area contributed by atoms with Gasteiger partial charge in [-0.2, -0.15) is 13.2 Å². The zero-order valence-corrected chi connectivity index (χ0v) is 13.2. The molecule has 1 fully saturated rings. The number of hydrogen-bond acceptors (Lipinski definition) is 2. The Bertz CT molecular complexity index is 525. The number of likely N-dealkylation sites (N-methyl/N-ethyl adjacent to an activating group) is 1. The predicted octanol–water partition coefficient (Wildman–Crippen LogP) is 2.70. The van der Waals surface area contributed by atoms with E-state index in [1.807, 2.05) is 19.0 Å². The van der Waals surface area contributed by atoms with E-state index < -0.39 is 11.7 Å². The minimum Gasteiger partial charge on any atom is -0.335 e. The summed E-state index contributed by atoms with van der Waals surface area (Å²) in [5.74, 6) is -0.341. The average Bonchev–Trinajstić information content (AvgIpc) is 2.24. The van der Waals surface area contributed by atoms with Gasteiger partial charge in [-0.3, -0.25) is 4.79 Å². The summed E-state index contributed by atoms with van der Waals surface area (Å²) in [5.41, 5.74) is -0.682. The van der Waals surface area contributed by atoms with Crippen LogP contribution in [0.4, 0.5) is 13.2 Å². The maximum Gasteiger partial charge on any atom is 0.416 e. The van der Waals surface area contributed by atoms with E-state index in [1.165, 1.54) is 6.07 Å². The van der Waals surface area contributed by atoms with Crippen LogP contribution in [0.5, 0.6) is 0 Å². The van der Waals surface area contributed by atoms with E-state index in [4.69, 9.17) is 0 Å². The number of alkyl halides is 3. The smallest absolute Gasteiger partial charge is 0.335 e. The van der Waals surface area contributed by atoms with E-state index in [0.29, 0.717) is 16.7 Å². The monoisotopic (exact) mass is 398 g/mol. The fraction of sp³-hybridized carbons (Fsp3) is 0.462. The standard InChI is InChI=1S/C13H14F3IN2O/c1-18(2)11-6-19(7-11)12(20)8-3-9(13(14,15)16)5-10(17)4-8/h3-5,11H,6-7H2,1-2H3. The molecule has 1 aliphatic rings. The fourth-order valence-corrected chi connectivity index (χ4v) is 2.68. The van der Waals surface area contributed by atoms with Gasteiger partial charge in [0.05, 0.1) is 5.56 Å². The molecule has 0 radical (unpaired) electrons. The van der Waals surface area contributed by atoms with Gasteiger partial charge in [-0.05, 0) is 54.9 Å². The number of benzene rings is 1. The Labute approximate surface area is 128 Å². The maximum atomic E-state index is 12.7. The average molecular weight is 398 g/mol. The van der Waals surface area contributed by atoms with E-state index in [0.717, 1.165) is 12.1 Å². The molecule has 1 amide bonds. The van der Waals surface area contributed by atoms with Gasteiger partial charge in [-0.1, -0.05) is 0 Å². The van der Waals surface area contributed by atoms with Crippen LogP contribution in [0.25, 0.3) is 0 Å². The van der Waals surface area contributed by atoms with Crippen LogP contribution in [0.15, 0.2) is 18.2 Å². The summed E-state index contributed by atoms with van der Waals surface area (Å²) in [6, 6.07) is 3.73. The maximum absolute atomic E-state index is 12.7. The number of nitrogens with zero attached hydrogens (tertiary/aromatic N) is 2. The Kier molecular flexibility index (Phi) is 4.29. The first-order valence-electron chi connectivity index (χ1n) is 6.02. The summed E-state index contributed by atoms with van der Waals surface area (Å²) in [6.07, 6.45) is -4.43. The number of carbonyl (C=O) groups excluding carboxylic acids is 1. The van der Waals surface area contributed by atoms with Gasteiger partial charge in [0.25, 0.3) is 5.91 Å². The molecule has 1 saturated heterocycles. The number of hydrogen-bond donors (Lipinski definition) is 0. The summed E-state index contributed by atoms with van der Waals surface area (Å²) < 4.78 is 38.6. The highest BCUT2D eigenvalue weighted by Gasteiger charge is 2.35. The summed E-state index contributed by atoms with van der Waals surface area (Å²) in [5, 5.41) is 0. The SMILES string of the molecule is CN(C)C1CN(C(=O)c2cc(I)cc(C(F)(F)F)c2)C1. The molecule has 110 valence electrons. The molecule has 0 saturated carbocycles. The second-order valence-electron chi connectivity index (χ2n) is 5.05. The van der Waals surface area contributed by atoms with E-state index in [-0.39, 0.29) is 17.5 Å². The molecule has 0 N–H and O–H groups in total. The van der Waals surface area contributed by atoms with Crippen LogP contribution in [0.3, 0.4) is 0 Å². The zero-order chi connectivity index (χ0) is 15.1. The van der Waals surface area contributed by atoms with Crippen LogP contribution in [0.2, 0.25) is 0 Å². The first-order valence-corrected chi connectivity index (χ1v) is 7.10. The minimum absolute atomic E-state index is 0.0985. The number of rotatable bonds is 2. The van der Waals surface area contributed by atoms with Crippen molar-refractivity contribution in [2.24, 2.45) is 0 Å². The molecular formula is C13H14F3IN2O. The molecule has 0 atom stereocenters. The lowest BCUT2D eigenvalue weighted by molar-refractivity contribution is -0.137. The third-order valence-corrected chi connectivity index (χ3v) is 3.97. The third kappa shape index (κ3) is 3.25. The molecule has 1 aromatic carbocycles. The molecule has 0 bridgehead atoms. The predicted molar refractivity (Wildman–Crippen MR) is 77.5 cm³/mol. The highest BCUT2D eigenvalue weighted by molar-refractivity contribution is 14.1. The second kappa shape index (κ2) is 5.51. The quantitative estimate of drug-likeness (QED) is 0.716. The van der Waals surface area contributed by atoms with Crippen LogP contribution < -0.4 is 0 Å². The Balaban J connectivity index is 2.17. The van der Waals surface area contributed by atoms with Crippen molar-refractivity contribution in [1.29, 1.82) is 0 Å². The molecule has 0 spiro atoms. The molecule has 20 heavy (non-hydrogen) atoms. The number of halogens is 4. The van der Waals surface area contributed by atoms with Gasteiger partial charge < -0.3 is 9.80 Å². The van der Waals surface area contributed by atoms with E-state index in [2.05, 4.69) is 0 Å². The van der Waals surface area contributed by atoms with Crippen LogP contribution >= 0.6 is 22.6 Å². The fourth-order valence-electron chi connectivity index (χ4n) is 2.01. The highest BCUT2D eigenvalue weighted by Crippen LogP contribution is 2.31. The lowest BCUT2D eigenvalue weighted by Gasteiger charge is -2.42. The van der Waals surface area contributed by atoms with Crippen molar-refractivity contribution in [1.82, 2.24) is 9.80 Å². The Morgan fingerprint density at radius 3 is 2.40 bits per heavy atom. The molecule has 3 nitrogen and oxygen atoms in total. The van der Waals surface area contributed by atoms with Crippen molar-refractivity contribution in [2.75, 3.05) is 27.2 Å². The number of likely N-dealkylation sites (tertiary alicyclic amines) is 1. The molecule has 7 heteroatoms. The van der Waals surface area contributed by atoms with E-state index in [9.17, 15) is 18.0 Å². The largest absolute Gasteiger partial charge is 0.416 e. The van der Waals surface area contributed by atoms with Crippen LogP contribution in [-0.2, 0) is 6.18 Å². The second-order valence-corrected chi connectivity index (χ2v) is 6.30. The van der Waals surface area contributed by atoms with Gasteiger partial charge in [-0.25, -0.2) is 0 Å². The first kappa shape index (κ1) is 15.6. The molecule has 1 aliphatic heterocycles. The van der Waals surface area contributed by atoms with E-state index >= 15 is 0 Å². The van der Waals surface area contributed by atoms with Crippen LogP contribution in [0, 0.1) is 3.57 Å². The molecule has 1 aromatic rings. The van der Waals surface area contributed by atoms with Gasteiger partial charge in [0.15, 0.2) is 0 Å². The Morgan fingerprint density at radius 2 is 1.90 bits per heavy atom. The topological polar surface area (TPSA) is 23.6 Å². The molecule has 0 aromatic heterocycles. The van der Waals surface area contributed by atoms with Crippen molar-refractivity contribution >= 4 is 28.5 Å². The van der Waals surface area contributed by atoms with Crippen molar-refractivity contribution in [2.45, 2.75) is 12.2 Å². The van der Waals surface area contributed by atoms with Gasteiger partial charge in [0.1, 0.15) is 0 Å². The van der Waals surface area contributed by atoms with Crippen molar-refractivity contribution in [3.05, 3.63) is 32.9 Å². The van der Waals surface area contributed by atoms with E-state index in [1.54, 1.807) is 27.5 Å². The minimum atomic E-state index is -4.43. The summed E-state index contributed by atoms with van der Waals surface area (Å²) in [6.45, 7) is 1.11. The lowest BCUT2D eigenvalue weighted by atomic mass is 10.0. The zero-order valence-electron chi connectivity index (χ0n) is 11.0. The summed E-state index contributed by atoms with van der Waals surface area (Å²) >= 11 is 1.79. The van der Waals surface area contributed by atoms with Crippen molar-refractivity contribution in [3.8, 4) is 0 Å². The first-order chi connectivity index (χ1) is 9.18. The Morgan fingerprint density at radius 1 is 1.30 bits per heavy atom. The number of carbonyl (C=O) groups is 1. The summed E-state index contributed by atoms with van der Waals surface area (Å²) in [7, 11) is 3.83. The molecule has 0 aliphatic carbocycles. The van der Waals surface area contributed by atoms with Gasteiger partial charge in [0.2, 0.25) is 0 Å². The molecule has 0 unspecified atom stereocenters.